The van der Waals surface area contributed by atoms with E-state index in [1.807, 2.05) is 25.1 Å². The van der Waals surface area contributed by atoms with Crippen molar-refractivity contribution in [2.75, 3.05) is 13.2 Å². The minimum atomic E-state index is -0.506. The predicted molar refractivity (Wildman–Crippen MR) is 100 cm³/mol. The lowest BCUT2D eigenvalue weighted by atomic mass is 10.2. The van der Waals surface area contributed by atoms with Crippen molar-refractivity contribution in [1.82, 2.24) is 10.5 Å². The minimum absolute atomic E-state index is 0.271. The standard InChI is InChI=1S/C19H24N2O4S/c1-3-4-7-10-20-18(22)12-24-19(23)16-8-5-6-9-17(16)26-13-15-11-14(2)25-21-15/h5-6,8-9,11H,3-4,7,10,12-13H2,1-2H3,(H,20,22). The van der Waals surface area contributed by atoms with Crippen LogP contribution in [0.3, 0.4) is 0 Å². The van der Waals surface area contributed by atoms with Crippen molar-refractivity contribution in [1.29, 1.82) is 0 Å². The molecular weight excluding hydrogens is 352 g/mol. The minimum Gasteiger partial charge on any atom is -0.452 e. The van der Waals surface area contributed by atoms with Gasteiger partial charge < -0.3 is 14.6 Å². The molecule has 0 unspecified atom stereocenters. The summed E-state index contributed by atoms with van der Waals surface area (Å²) in [7, 11) is 0. The first-order valence-electron chi connectivity index (χ1n) is 8.68. The number of thioether (sulfide) groups is 1. The van der Waals surface area contributed by atoms with Crippen molar-refractivity contribution in [2.45, 2.75) is 43.8 Å². The van der Waals surface area contributed by atoms with Crippen LogP contribution in [0.4, 0.5) is 0 Å². The van der Waals surface area contributed by atoms with Crippen LogP contribution in [0.1, 0.15) is 48.0 Å². The van der Waals surface area contributed by atoms with Gasteiger partial charge in [-0.1, -0.05) is 37.1 Å². The Morgan fingerprint density at radius 1 is 1.27 bits per heavy atom. The van der Waals surface area contributed by atoms with Gasteiger partial charge in [0, 0.05) is 23.3 Å². The van der Waals surface area contributed by atoms with E-state index < -0.39 is 5.97 Å². The van der Waals surface area contributed by atoms with Crippen molar-refractivity contribution in [3.63, 3.8) is 0 Å². The Bertz CT molecular complexity index is 730. The normalized spacial score (nSPS) is 10.5. The number of unbranched alkanes of at least 4 members (excludes halogenated alkanes) is 2. The van der Waals surface area contributed by atoms with Crippen LogP contribution in [0.5, 0.6) is 0 Å². The fourth-order valence-electron chi connectivity index (χ4n) is 2.26. The van der Waals surface area contributed by atoms with Crippen molar-refractivity contribution in [2.24, 2.45) is 0 Å². The van der Waals surface area contributed by atoms with E-state index in [9.17, 15) is 9.59 Å². The predicted octanol–water partition coefficient (Wildman–Crippen LogP) is 3.74. The number of aromatic nitrogens is 1. The number of aryl methyl sites for hydroxylation is 1. The van der Waals surface area contributed by atoms with E-state index >= 15 is 0 Å². The summed E-state index contributed by atoms with van der Waals surface area (Å²) in [5.74, 6) is 0.545. The highest BCUT2D eigenvalue weighted by Crippen LogP contribution is 2.26. The maximum absolute atomic E-state index is 12.3. The van der Waals surface area contributed by atoms with Crippen molar-refractivity contribution in [3.05, 3.63) is 47.3 Å². The number of nitrogens with one attached hydrogen (secondary N) is 1. The van der Waals surface area contributed by atoms with Gasteiger partial charge in [0.25, 0.3) is 5.91 Å². The third-order valence-corrected chi connectivity index (χ3v) is 4.70. The van der Waals surface area contributed by atoms with Crippen LogP contribution in [0.2, 0.25) is 0 Å². The molecule has 1 heterocycles. The number of ether oxygens (including phenoxy) is 1. The highest BCUT2D eigenvalue weighted by atomic mass is 32.2. The molecule has 26 heavy (non-hydrogen) atoms. The molecule has 2 rings (SSSR count). The van der Waals surface area contributed by atoms with Crippen LogP contribution in [0.15, 0.2) is 39.8 Å². The van der Waals surface area contributed by atoms with Crippen LogP contribution in [-0.4, -0.2) is 30.2 Å². The van der Waals surface area contributed by atoms with Crippen LogP contribution < -0.4 is 5.32 Å². The molecule has 2 aromatic rings. The summed E-state index contributed by atoms with van der Waals surface area (Å²) in [6.07, 6.45) is 3.08. The van der Waals surface area contributed by atoms with Gasteiger partial charge in [-0.15, -0.1) is 11.8 Å². The number of esters is 1. The number of carbonyl (C=O) groups is 2. The molecule has 0 saturated carbocycles. The maximum atomic E-state index is 12.3. The molecule has 1 aromatic heterocycles. The second-order valence-corrected chi connectivity index (χ2v) is 6.86. The van der Waals surface area contributed by atoms with Crippen LogP contribution >= 0.6 is 11.8 Å². The summed E-state index contributed by atoms with van der Waals surface area (Å²) in [4.78, 5) is 24.8. The molecule has 6 nitrogen and oxygen atoms in total. The summed E-state index contributed by atoms with van der Waals surface area (Å²) < 4.78 is 10.2. The van der Waals surface area contributed by atoms with Gasteiger partial charge >= 0.3 is 5.97 Å². The molecule has 1 amide bonds. The molecule has 0 aliphatic carbocycles. The molecule has 0 atom stereocenters. The number of rotatable bonds is 10. The van der Waals surface area contributed by atoms with Crippen molar-refractivity contribution >= 4 is 23.6 Å². The van der Waals surface area contributed by atoms with E-state index in [1.54, 1.807) is 12.1 Å². The fraction of sp³-hybridized carbons (Fsp3) is 0.421. The molecule has 140 valence electrons. The Balaban J connectivity index is 1.85. The summed E-state index contributed by atoms with van der Waals surface area (Å²) in [5, 5.41) is 6.69. The Labute approximate surface area is 157 Å². The van der Waals surface area contributed by atoms with E-state index in [0.717, 1.165) is 35.6 Å². The summed E-state index contributed by atoms with van der Waals surface area (Å²) >= 11 is 1.47. The first kappa shape index (κ1) is 20.0. The van der Waals surface area contributed by atoms with E-state index in [-0.39, 0.29) is 12.5 Å². The summed E-state index contributed by atoms with van der Waals surface area (Å²) in [5.41, 5.74) is 1.25. The van der Waals surface area contributed by atoms with Gasteiger partial charge in [0.05, 0.1) is 11.3 Å². The smallest absolute Gasteiger partial charge is 0.339 e. The highest BCUT2D eigenvalue weighted by molar-refractivity contribution is 7.98. The lowest BCUT2D eigenvalue weighted by molar-refractivity contribution is -0.124. The van der Waals surface area contributed by atoms with Crippen molar-refractivity contribution in [3.8, 4) is 0 Å². The number of benzene rings is 1. The lowest BCUT2D eigenvalue weighted by Crippen LogP contribution is -2.29. The number of nitrogens with zero attached hydrogens (tertiary/aromatic N) is 1. The topological polar surface area (TPSA) is 81.4 Å². The van der Waals surface area contributed by atoms with Gasteiger partial charge in [0.1, 0.15) is 5.76 Å². The summed E-state index contributed by atoms with van der Waals surface area (Å²) in [6.45, 7) is 4.27. The highest BCUT2D eigenvalue weighted by Gasteiger charge is 2.15. The summed E-state index contributed by atoms with van der Waals surface area (Å²) in [6, 6.07) is 9.02. The molecule has 0 saturated heterocycles. The lowest BCUT2D eigenvalue weighted by Gasteiger charge is -2.09. The third-order valence-electron chi connectivity index (χ3n) is 3.60. The van der Waals surface area contributed by atoms with Gasteiger partial charge in [-0.25, -0.2) is 4.79 Å². The molecule has 0 radical (unpaired) electrons. The maximum Gasteiger partial charge on any atom is 0.339 e. The average molecular weight is 376 g/mol. The first-order chi connectivity index (χ1) is 12.6. The van der Waals surface area contributed by atoms with Gasteiger partial charge in [-0.05, 0) is 25.5 Å². The van der Waals surface area contributed by atoms with Crippen LogP contribution in [-0.2, 0) is 15.3 Å². The van der Waals surface area contributed by atoms with E-state index in [1.165, 1.54) is 11.8 Å². The largest absolute Gasteiger partial charge is 0.452 e. The Kier molecular flexibility index (Phi) is 8.21. The Hall–Kier alpha value is -2.28. The SMILES string of the molecule is CCCCCNC(=O)COC(=O)c1ccccc1SCc1cc(C)on1. The molecule has 0 fully saturated rings. The number of hydrogen-bond acceptors (Lipinski definition) is 6. The van der Waals surface area contributed by atoms with Crippen molar-refractivity contribution < 1.29 is 18.8 Å². The molecular formula is C19H24N2O4S. The Morgan fingerprint density at radius 2 is 2.08 bits per heavy atom. The van der Waals surface area contributed by atoms with Gasteiger partial charge in [0.2, 0.25) is 0 Å². The number of hydrogen-bond donors (Lipinski definition) is 1. The number of amides is 1. The van der Waals surface area contributed by atoms with Gasteiger partial charge in [0.15, 0.2) is 6.61 Å². The zero-order valence-corrected chi connectivity index (χ0v) is 15.9. The van der Waals surface area contributed by atoms with Crippen LogP contribution in [0.25, 0.3) is 0 Å². The van der Waals surface area contributed by atoms with E-state index in [4.69, 9.17) is 9.26 Å². The van der Waals surface area contributed by atoms with Gasteiger partial charge in [-0.3, -0.25) is 4.79 Å². The second-order valence-electron chi connectivity index (χ2n) is 5.85. The molecule has 0 bridgehead atoms. The third kappa shape index (κ3) is 6.55. The molecule has 1 N–H and O–H groups in total. The second kappa shape index (κ2) is 10.7. The first-order valence-corrected chi connectivity index (χ1v) is 9.66. The van der Waals surface area contributed by atoms with E-state index in [2.05, 4.69) is 17.4 Å². The Morgan fingerprint density at radius 3 is 2.81 bits per heavy atom. The fourth-order valence-corrected chi connectivity index (χ4v) is 3.18. The molecule has 0 aliphatic heterocycles. The van der Waals surface area contributed by atoms with Crippen LogP contribution in [0, 0.1) is 6.92 Å². The zero-order chi connectivity index (χ0) is 18.8. The molecule has 1 aromatic carbocycles. The molecule has 0 aliphatic rings. The molecule has 7 heteroatoms. The monoisotopic (exact) mass is 376 g/mol. The van der Waals surface area contributed by atoms with Gasteiger partial charge in [-0.2, -0.15) is 0 Å². The number of carbonyl (C=O) groups excluding carboxylic acids is 2. The quantitative estimate of drug-likeness (QED) is 0.386. The average Bonchev–Trinajstić information content (AvgIpc) is 3.07. The van der Waals surface area contributed by atoms with E-state index in [0.29, 0.717) is 17.9 Å². The molecule has 0 spiro atoms. The zero-order valence-electron chi connectivity index (χ0n) is 15.1.